The molecule has 0 aliphatic carbocycles. The highest BCUT2D eigenvalue weighted by Gasteiger charge is 2.31. The molecule has 2 rings (SSSR count). The first kappa shape index (κ1) is 22.7. The van der Waals surface area contributed by atoms with Crippen LogP contribution in [0.25, 0.3) is 0 Å². The fraction of sp³-hybridized carbons (Fsp3) is 1.00. The van der Waals surface area contributed by atoms with Gasteiger partial charge in [0.1, 0.15) is 12.2 Å². The molecule has 0 spiro atoms. The predicted octanol–water partition coefficient (Wildman–Crippen LogP) is 3.82. The topological polar surface area (TPSA) is 52.8 Å². The van der Waals surface area contributed by atoms with Gasteiger partial charge in [0.15, 0.2) is 0 Å². The van der Waals surface area contributed by atoms with Gasteiger partial charge in [0.05, 0.1) is 26.4 Å². The molecule has 2 saturated heterocycles. The maximum atomic E-state index is 6.70. The van der Waals surface area contributed by atoms with E-state index in [4.69, 9.17) is 22.8 Å². The SMILES string of the molecule is CC(CCCOCC1CO1)C[Si](C)(C)OS(C)(C)CCCOCC1CO1. The number of epoxide rings is 2. The molecule has 2 aliphatic heterocycles. The molecule has 2 fully saturated rings. The molecular weight excluding hydrogens is 368 g/mol. The van der Waals surface area contributed by atoms with E-state index in [1.807, 2.05) is 0 Å². The number of rotatable bonds is 16. The lowest BCUT2D eigenvalue weighted by molar-refractivity contribution is 0.111. The van der Waals surface area contributed by atoms with Crippen LogP contribution in [-0.2, 0) is 22.8 Å². The largest absolute Gasteiger partial charge is 0.379 e. The van der Waals surface area contributed by atoms with Crippen molar-refractivity contribution in [2.24, 2.45) is 5.92 Å². The lowest BCUT2D eigenvalue weighted by atomic mass is 10.1. The van der Waals surface area contributed by atoms with E-state index < -0.39 is 18.6 Å². The highest BCUT2D eigenvalue weighted by molar-refractivity contribution is 8.29. The van der Waals surface area contributed by atoms with Gasteiger partial charge in [-0.05, 0) is 62.6 Å². The van der Waals surface area contributed by atoms with Gasteiger partial charge in [-0.25, -0.2) is 0 Å². The summed E-state index contributed by atoms with van der Waals surface area (Å²) in [5, 5.41) is 0. The number of hydrogen-bond donors (Lipinski definition) is 0. The van der Waals surface area contributed by atoms with Crippen molar-refractivity contribution in [2.75, 3.05) is 57.9 Å². The Labute approximate surface area is 163 Å². The van der Waals surface area contributed by atoms with Crippen LogP contribution in [0.2, 0.25) is 19.1 Å². The van der Waals surface area contributed by atoms with Gasteiger partial charge in [-0.2, -0.15) is 10.3 Å². The van der Waals surface area contributed by atoms with Crippen molar-refractivity contribution in [3.63, 3.8) is 0 Å². The third-order valence-electron chi connectivity index (χ3n) is 4.61. The minimum absolute atomic E-state index is 0.367. The van der Waals surface area contributed by atoms with Crippen molar-refractivity contribution in [1.82, 2.24) is 0 Å². The van der Waals surface area contributed by atoms with Gasteiger partial charge in [0.2, 0.25) is 8.32 Å². The van der Waals surface area contributed by atoms with Crippen molar-refractivity contribution in [2.45, 2.75) is 57.5 Å². The molecular formula is C19H40O5SSi. The second-order valence-corrected chi connectivity index (χ2v) is 16.7. The molecule has 0 amide bonds. The molecule has 156 valence electrons. The smallest absolute Gasteiger partial charge is 0.203 e. The molecule has 0 radical (unpaired) electrons. The Morgan fingerprint density at radius 3 is 2.08 bits per heavy atom. The van der Waals surface area contributed by atoms with E-state index >= 15 is 0 Å². The minimum atomic E-state index is -1.64. The first-order chi connectivity index (χ1) is 12.3. The van der Waals surface area contributed by atoms with Crippen LogP contribution in [0.5, 0.6) is 0 Å². The Hall–Kier alpha value is 0.367. The summed E-state index contributed by atoms with van der Waals surface area (Å²) in [5.74, 6) is 1.83. The van der Waals surface area contributed by atoms with Gasteiger partial charge in [-0.3, -0.25) is 0 Å². The van der Waals surface area contributed by atoms with Gasteiger partial charge in [-0.1, -0.05) is 6.92 Å². The second kappa shape index (κ2) is 10.8. The zero-order chi connectivity index (χ0) is 19.0. The molecule has 3 unspecified atom stereocenters. The molecule has 2 heterocycles. The summed E-state index contributed by atoms with van der Waals surface area (Å²) in [6, 6.07) is 1.23. The molecule has 0 aromatic carbocycles. The zero-order valence-corrected chi connectivity index (χ0v) is 19.3. The van der Waals surface area contributed by atoms with E-state index in [-0.39, 0.29) is 0 Å². The van der Waals surface area contributed by atoms with E-state index in [0.717, 1.165) is 58.2 Å². The summed E-state index contributed by atoms with van der Waals surface area (Å²) in [4.78, 5) is 0. The normalized spacial score (nSPS) is 24.5. The first-order valence-electron chi connectivity index (χ1n) is 10.1. The lowest BCUT2D eigenvalue weighted by Crippen LogP contribution is -2.34. The van der Waals surface area contributed by atoms with Gasteiger partial charge in [0, 0.05) is 13.2 Å². The van der Waals surface area contributed by atoms with E-state index in [1.165, 1.54) is 12.5 Å². The molecule has 0 aromatic heterocycles. The van der Waals surface area contributed by atoms with Gasteiger partial charge < -0.3 is 22.8 Å². The van der Waals surface area contributed by atoms with E-state index in [2.05, 4.69) is 32.5 Å². The van der Waals surface area contributed by atoms with E-state index in [9.17, 15) is 0 Å². The highest BCUT2D eigenvalue weighted by Crippen LogP contribution is 2.46. The zero-order valence-electron chi connectivity index (χ0n) is 17.5. The average molecular weight is 409 g/mol. The molecule has 3 atom stereocenters. The maximum absolute atomic E-state index is 6.70. The van der Waals surface area contributed by atoms with Crippen LogP contribution in [0.3, 0.4) is 0 Å². The molecule has 26 heavy (non-hydrogen) atoms. The molecule has 0 saturated carbocycles. The van der Waals surface area contributed by atoms with Crippen molar-refractivity contribution < 1.29 is 22.8 Å². The minimum Gasteiger partial charge on any atom is -0.379 e. The van der Waals surface area contributed by atoms with Crippen molar-refractivity contribution in [1.29, 1.82) is 0 Å². The van der Waals surface area contributed by atoms with Crippen molar-refractivity contribution >= 4 is 18.6 Å². The highest BCUT2D eigenvalue weighted by atomic mass is 32.3. The maximum Gasteiger partial charge on any atom is 0.203 e. The molecule has 2 aliphatic rings. The standard InChI is InChI=1S/C19H40O5SSi/c1-17(8-6-9-20-12-18-14-22-18)16-26(4,5)24-25(2,3)11-7-10-21-13-19-15-23-19/h17-19H,6-16H2,1-5H3. The Balaban J connectivity index is 1.53. The Bertz CT molecular complexity index is 399. The Kier molecular flexibility index (Phi) is 9.40. The third-order valence-corrected chi connectivity index (χ3v) is 11.2. The van der Waals surface area contributed by atoms with Crippen molar-refractivity contribution in [3.8, 4) is 0 Å². The monoisotopic (exact) mass is 408 g/mol. The van der Waals surface area contributed by atoms with Gasteiger partial charge in [-0.15, -0.1) is 0 Å². The molecule has 0 bridgehead atoms. The van der Waals surface area contributed by atoms with Gasteiger partial charge >= 0.3 is 0 Å². The Morgan fingerprint density at radius 2 is 1.54 bits per heavy atom. The van der Waals surface area contributed by atoms with Crippen LogP contribution in [0.15, 0.2) is 0 Å². The molecule has 7 heteroatoms. The summed E-state index contributed by atoms with van der Waals surface area (Å²) in [6.07, 6.45) is 8.80. The summed E-state index contributed by atoms with van der Waals surface area (Å²) >= 11 is 0. The van der Waals surface area contributed by atoms with E-state index in [0.29, 0.717) is 18.1 Å². The first-order valence-corrected chi connectivity index (χ1v) is 15.7. The average Bonchev–Trinajstić information content (AvgIpc) is 3.39. The quantitative estimate of drug-likeness (QED) is 0.221. The van der Waals surface area contributed by atoms with E-state index in [1.54, 1.807) is 0 Å². The van der Waals surface area contributed by atoms with Crippen LogP contribution >= 0.6 is 10.3 Å². The lowest BCUT2D eigenvalue weighted by Gasteiger charge is -2.40. The van der Waals surface area contributed by atoms with Gasteiger partial charge in [0.25, 0.3) is 0 Å². The second-order valence-electron chi connectivity index (χ2n) is 8.85. The molecule has 0 N–H and O–H groups in total. The summed E-state index contributed by atoms with van der Waals surface area (Å²) in [5.41, 5.74) is 0. The van der Waals surface area contributed by atoms with Crippen LogP contribution in [0, 0.1) is 5.92 Å². The molecule has 0 aromatic rings. The summed E-state index contributed by atoms with van der Waals surface area (Å²) < 4.78 is 28.3. The fourth-order valence-electron chi connectivity index (χ4n) is 3.43. The van der Waals surface area contributed by atoms with Crippen molar-refractivity contribution in [3.05, 3.63) is 0 Å². The number of hydrogen-bond acceptors (Lipinski definition) is 5. The summed E-state index contributed by atoms with van der Waals surface area (Å²) in [7, 11) is -2.63. The van der Waals surface area contributed by atoms with Crippen LogP contribution in [0.1, 0.15) is 26.2 Å². The molecule has 5 nitrogen and oxygen atoms in total. The third kappa shape index (κ3) is 11.3. The number of ether oxygens (including phenoxy) is 4. The predicted molar refractivity (Wildman–Crippen MR) is 112 cm³/mol. The fourth-order valence-corrected chi connectivity index (χ4v) is 11.6. The Morgan fingerprint density at radius 1 is 1.00 bits per heavy atom. The van der Waals surface area contributed by atoms with Crippen LogP contribution < -0.4 is 0 Å². The van der Waals surface area contributed by atoms with Crippen LogP contribution in [0.4, 0.5) is 0 Å². The summed E-state index contributed by atoms with van der Waals surface area (Å²) in [6.45, 7) is 12.1. The van der Waals surface area contributed by atoms with Crippen LogP contribution in [-0.4, -0.2) is 78.4 Å².